The zero-order valence-electron chi connectivity index (χ0n) is 14.6. The van der Waals surface area contributed by atoms with Gasteiger partial charge in [-0.3, -0.25) is 4.57 Å². The summed E-state index contributed by atoms with van der Waals surface area (Å²) in [6.45, 7) is 0. The van der Waals surface area contributed by atoms with Crippen molar-refractivity contribution >= 4 is 27.0 Å². The van der Waals surface area contributed by atoms with Crippen LogP contribution in [0.1, 0.15) is 16.7 Å². The lowest BCUT2D eigenvalue weighted by molar-refractivity contribution is -0.0881. The Labute approximate surface area is 168 Å². The van der Waals surface area contributed by atoms with Crippen LogP contribution in [-0.2, 0) is 36.3 Å². The van der Waals surface area contributed by atoms with Crippen LogP contribution < -0.4 is 4.52 Å². The van der Waals surface area contributed by atoms with Crippen molar-refractivity contribution in [2.45, 2.75) is 23.8 Å². The monoisotopic (exact) mass is 474 g/mol. The van der Waals surface area contributed by atoms with E-state index in [0.29, 0.717) is 17.1 Å². The lowest BCUT2D eigenvalue weighted by atomic mass is 10.2. The third-order valence-electron chi connectivity index (χ3n) is 3.55. The maximum Gasteiger partial charge on any atom is 0.442 e. The van der Waals surface area contributed by atoms with Crippen LogP contribution in [0.3, 0.4) is 0 Å². The van der Waals surface area contributed by atoms with Crippen molar-refractivity contribution < 1.29 is 45.8 Å². The molecule has 0 aliphatic rings. The van der Waals surface area contributed by atoms with E-state index in [-0.39, 0.29) is 5.75 Å². The second kappa shape index (κ2) is 10.6. The summed E-state index contributed by atoms with van der Waals surface area (Å²) < 4.78 is 81.9. The van der Waals surface area contributed by atoms with E-state index < -0.39 is 27.5 Å². The van der Waals surface area contributed by atoms with Crippen molar-refractivity contribution in [1.82, 2.24) is 0 Å². The summed E-state index contributed by atoms with van der Waals surface area (Å²) in [7, 11) is -9.42. The molecule has 0 saturated heterocycles. The molecule has 6 nitrogen and oxygen atoms in total. The zero-order chi connectivity index (χ0) is 21.5. The molecule has 0 heterocycles. The van der Waals surface area contributed by atoms with Crippen molar-refractivity contribution in [3.63, 3.8) is 0 Å². The molecule has 0 aromatic heterocycles. The highest BCUT2D eigenvalue weighted by Crippen LogP contribution is 2.52. The molecule has 0 radical (unpaired) electrons. The van der Waals surface area contributed by atoms with E-state index in [1.807, 2.05) is 0 Å². The van der Waals surface area contributed by atoms with Gasteiger partial charge in [-0.05, 0) is 37.9 Å². The average Bonchev–Trinajstić information content (AvgIpc) is 2.70. The summed E-state index contributed by atoms with van der Waals surface area (Å²) in [4.78, 5) is 9.00. The van der Waals surface area contributed by atoms with E-state index in [4.69, 9.17) is 4.89 Å². The first kappa shape index (κ1) is 23.9. The van der Waals surface area contributed by atoms with Crippen LogP contribution in [-0.4, -0.2) is 11.1 Å². The number of alkyl halides is 2. The molecule has 160 valence electrons. The van der Waals surface area contributed by atoms with Crippen LogP contribution in [0.15, 0.2) is 48.5 Å². The van der Waals surface area contributed by atoms with Gasteiger partial charge >= 0.3 is 21.4 Å². The summed E-state index contributed by atoms with van der Waals surface area (Å²) in [6.07, 6.45) is -4.03. The molecule has 2 aromatic carbocycles. The summed E-state index contributed by atoms with van der Waals surface area (Å²) in [6, 6.07) is 12.3. The second-order valence-electron chi connectivity index (χ2n) is 5.79. The highest BCUT2D eigenvalue weighted by molar-refractivity contribution is 7.97. The number of benzene rings is 2. The summed E-state index contributed by atoms with van der Waals surface area (Å²) >= 11 is 1.52. The van der Waals surface area contributed by atoms with Gasteiger partial charge in [0.15, 0.2) is 0 Å². The van der Waals surface area contributed by atoms with Crippen molar-refractivity contribution in [3.8, 4) is 5.75 Å². The second-order valence-corrected chi connectivity index (χ2v) is 10.3. The first-order valence-electron chi connectivity index (χ1n) is 7.92. The Bertz CT molecular complexity index is 820. The summed E-state index contributed by atoms with van der Waals surface area (Å²) in [5, 5.41) is 0. The first-order valence-corrected chi connectivity index (χ1v) is 12.4. The number of hydrogen-bond acceptors (Lipinski definition) is 6. The quantitative estimate of drug-likeness (QED) is 0.298. The van der Waals surface area contributed by atoms with Crippen LogP contribution in [0.5, 0.6) is 5.75 Å². The van der Waals surface area contributed by atoms with Gasteiger partial charge in [0.25, 0.3) is 0 Å². The van der Waals surface area contributed by atoms with Gasteiger partial charge in [-0.15, -0.1) is 9.46 Å². The van der Waals surface area contributed by atoms with E-state index in [0.717, 1.165) is 11.1 Å². The molecule has 0 bridgehead atoms. The molecule has 2 aromatic rings. The predicted molar refractivity (Wildman–Crippen MR) is 100 cm³/mol. The van der Waals surface area contributed by atoms with Gasteiger partial charge in [0.05, 0.1) is 6.16 Å². The van der Waals surface area contributed by atoms with Crippen molar-refractivity contribution in [3.05, 3.63) is 65.2 Å². The highest BCUT2D eigenvalue weighted by Gasteiger charge is 2.34. The van der Waals surface area contributed by atoms with Gasteiger partial charge in [-0.1, -0.05) is 36.4 Å². The van der Waals surface area contributed by atoms with Crippen LogP contribution in [0.2, 0.25) is 0 Å². The number of halogens is 4. The fourth-order valence-corrected chi connectivity index (χ4v) is 4.39. The van der Waals surface area contributed by atoms with Gasteiger partial charge in [-0.2, -0.15) is 20.5 Å². The van der Waals surface area contributed by atoms with Gasteiger partial charge < -0.3 is 9.42 Å². The Hall–Kier alpha value is -1.35. The molecular weight excluding hydrogens is 458 g/mol. The fourth-order valence-electron chi connectivity index (χ4n) is 2.15. The first-order chi connectivity index (χ1) is 13.7. The number of hydrogen-bond donors (Lipinski definition) is 1. The molecular formula is C16H16F4O6P2S. The Morgan fingerprint density at radius 1 is 0.862 bits per heavy atom. The third kappa shape index (κ3) is 7.44. The van der Waals surface area contributed by atoms with Gasteiger partial charge in [0.2, 0.25) is 0 Å². The van der Waals surface area contributed by atoms with Gasteiger partial charge in [0.1, 0.15) is 5.75 Å². The molecule has 0 spiro atoms. The topological polar surface area (TPSA) is 82.1 Å². The minimum Gasteiger partial charge on any atom is -0.421 e. The van der Waals surface area contributed by atoms with Crippen LogP contribution >= 0.6 is 27.0 Å². The Morgan fingerprint density at radius 3 is 1.76 bits per heavy atom. The third-order valence-corrected chi connectivity index (χ3v) is 6.77. The predicted octanol–water partition coefficient (Wildman–Crippen LogP) is 6.40. The van der Waals surface area contributed by atoms with E-state index in [1.165, 1.54) is 23.9 Å². The number of rotatable bonds is 11. The van der Waals surface area contributed by atoms with E-state index in [9.17, 15) is 27.0 Å². The normalized spacial score (nSPS) is 14.0. The molecule has 1 unspecified atom stereocenters. The lowest BCUT2D eigenvalue weighted by Crippen LogP contribution is -2.00. The Kier molecular flexibility index (Phi) is 8.75. The fraction of sp³-hybridized carbons (Fsp3) is 0.250. The molecule has 0 aliphatic heterocycles. The SMILES string of the molecule is O=P(Cc1ccc(CSCc2ccc(OP(=O)(O)C(F)F)cc2)cc1)(OF)OF. The molecule has 1 N–H and O–H groups in total. The van der Waals surface area contributed by atoms with Crippen LogP contribution in [0.25, 0.3) is 0 Å². The molecule has 13 heteroatoms. The molecule has 0 aliphatic carbocycles. The van der Waals surface area contributed by atoms with E-state index >= 15 is 0 Å². The van der Waals surface area contributed by atoms with Crippen molar-refractivity contribution in [2.75, 3.05) is 0 Å². The summed E-state index contributed by atoms with van der Waals surface area (Å²) in [5.74, 6) is 1.02. The minimum absolute atomic E-state index is 0.132. The van der Waals surface area contributed by atoms with Crippen LogP contribution in [0.4, 0.5) is 17.8 Å². The Balaban J connectivity index is 1.84. The van der Waals surface area contributed by atoms with Crippen molar-refractivity contribution in [2.24, 2.45) is 0 Å². The van der Waals surface area contributed by atoms with Gasteiger partial charge in [0, 0.05) is 11.5 Å². The summed E-state index contributed by atoms with van der Waals surface area (Å²) in [5.41, 5.74) is 2.11. The average molecular weight is 474 g/mol. The maximum atomic E-state index is 12.3. The molecule has 0 amide bonds. The zero-order valence-corrected chi connectivity index (χ0v) is 17.2. The smallest absolute Gasteiger partial charge is 0.421 e. The molecule has 2 rings (SSSR count). The standard InChI is InChI=1S/C16H16F4O6P2S/c17-16(18)28(22,23)24-15-7-5-14(6-8-15)11-29-10-13-3-1-12(2-4-13)9-27(21,25-19)26-20/h1-8,16H,9-11H2,(H,22,23). The number of thioether (sulfide) groups is 1. The lowest BCUT2D eigenvalue weighted by Gasteiger charge is -2.12. The largest absolute Gasteiger partial charge is 0.442 e. The molecule has 29 heavy (non-hydrogen) atoms. The van der Waals surface area contributed by atoms with E-state index in [2.05, 4.69) is 14.0 Å². The highest BCUT2D eigenvalue weighted by atomic mass is 32.2. The molecule has 0 saturated carbocycles. The van der Waals surface area contributed by atoms with Gasteiger partial charge in [-0.25, -0.2) is 4.57 Å². The molecule has 0 fully saturated rings. The van der Waals surface area contributed by atoms with E-state index in [1.54, 1.807) is 36.4 Å². The van der Waals surface area contributed by atoms with Crippen molar-refractivity contribution in [1.29, 1.82) is 0 Å². The molecule has 1 atom stereocenters. The van der Waals surface area contributed by atoms with Crippen LogP contribution in [0, 0.1) is 0 Å². The minimum atomic E-state index is -5.00. The maximum absolute atomic E-state index is 12.3. The Morgan fingerprint density at radius 2 is 1.31 bits per heavy atom.